The van der Waals surface area contributed by atoms with Crippen molar-refractivity contribution >= 4 is 29.9 Å². The van der Waals surface area contributed by atoms with Crippen LogP contribution < -0.4 is 10.6 Å². The van der Waals surface area contributed by atoms with Crippen molar-refractivity contribution in [2.45, 2.75) is 162 Å². The molecule has 4 aliphatic rings. The number of rotatable bonds is 18. The fourth-order valence-corrected chi connectivity index (χ4v) is 11.6. The Hall–Kier alpha value is -2.85. The predicted molar refractivity (Wildman–Crippen MR) is 193 cm³/mol. The molecule has 0 spiro atoms. The van der Waals surface area contributed by atoms with E-state index in [1.165, 1.54) is 57.8 Å². The molecule has 0 heterocycles. The Morgan fingerprint density at radius 1 is 0.765 bits per heavy atom. The fraction of sp³-hybridized carbons (Fsp3) is 0.875. The third-order valence-electron chi connectivity index (χ3n) is 14.3. The van der Waals surface area contributed by atoms with Gasteiger partial charge in [-0.2, -0.15) is 0 Å². The highest BCUT2D eigenvalue weighted by Gasteiger charge is 2.60. The Kier molecular flexibility index (Phi) is 13.9. The van der Waals surface area contributed by atoms with E-state index in [9.17, 15) is 39.3 Å². The number of urea groups is 1. The highest BCUT2D eigenvalue weighted by molar-refractivity contribution is 5.81. The van der Waals surface area contributed by atoms with Gasteiger partial charge in [-0.15, -0.1) is 0 Å². The maximum Gasteiger partial charge on any atom is 0.325 e. The number of amides is 2. The number of fused-ring (bicyclic) bond motifs is 5. The number of carboxylic acid groups (broad SMARTS) is 3. The van der Waals surface area contributed by atoms with Crippen LogP contribution in [0.25, 0.3) is 0 Å². The quantitative estimate of drug-likeness (QED) is 0.0890. The molecule has 4 saturated carbocycles. The second kappa shape index (κ2) is 17.3. The van der Waals surface area contributed by atoms with Gasteiger partial charge in [0.05, 0.1) is 0 Å². The van der Waals surface area contributed by atoms with Gasteiger partial charge < -0.3 is 30.7 Å². The highest BCUT2D eigenvalue weighted by Crippen LogP contribution is 2.68. The van der Waals surface area contributed by atoms with Crippen molar-refractivity contribution < 1.29 is 44.0 Å². The van der Waals surface area contributed by atoms with E-state index in [2.05, 4.69) is 45.3 Å². The standard InChI is InChI=1S/C40H66N2O9/c1-25(2)7-6-8-26(3)30-11-12-31-29-10-9-27-23-28(13-18-38(27,4)32(29)14-19-39(30,31)5)51-36(49)24-41-37(50)42-40(20-15-33(43)44,21-16-34(45)46)22-17-35(47)48/h25-32H,6-24H2,1-5H3,(H,43,44)(H,45,46)(H,47,48)(H2,41,42,50)/t26-,27+,28+,29+,30-,31+,32+,38+,39-/m1/s1. The molecule has 4 fully saturated rings. The number of aliphatic carboxylic acids is 3. The molecule has 0 aromatic rings. The predicted octanol–water partition coefficient (Wildman–Crippen LogP) is 7.65. The molecule has 0 aromatic carbocycles. The van der Waals surface area contributed by atoms with E-state index in [1.54, 1.807) is 0 Å². The Balaban J connectivity index is 1.29. The molecule has 11 nitrogen and oxygen atoms in total. The van der Waals surface area contributed by atoms with E-state index in [1.807, 2.05) is 0 Å². The van der Waals surface area contributed by atoms with Crippen LogP contribution in [0, 0.1) is 52.3 Å². The Labute approximate surface area is 304 Å². The lowest BCUT2D eigenvalue weighted by Crippen LogP contribution is -2.55. The zero-order chi connectivity index (χ0) is 37.6. The lowest BCUT2D eigenvalue weighted by molar-refractivity contribution is -0.161. The smallest absolute Gasteiger partial charge is 0.325 e. The molecule has 51 heavy (non-hydrogen) atoms. The highest BCUT2D eigenvalue weighted by atomic mass is 16.5. The van der Waals surface area contributed by atoms with Gasteiger partial charge in [0.25, 0.3) is 0 Å². The topological polar surface area (TPSA) is 179 Å². The number of hydrogen-bond donors (Lipinski definition) is 5. The van der Waals surface area contributed by atoms with Gasteiger partial charge in [-0.3, -0.25) is 19.2 Å². The minimum Gasteiger partial charge on any atom is -0.481 e. The van der Waals surface area contributed by atoms with Crippen molar-refractivity contribution in [3.05, 3.63) is 0 Å². The van der Waals surface area contributed by atoms with Gasteiger partial charge in [0.1, 0.15) is 12.6 Å². The number of esters is 1. The monoisotopic (exact) mass is 718 g/mol. The molecule has 9 atom stereocenters. The van der Waals surface area contributed by atoms with Crippen LogP contribution in [0.5, 0.6) is 0 Å². The van der Waals surface area contributed by atoms with Crippen LogP contribution in [0.15, 0.2) is 0 Å². The van der Waals surface area contributed by atoms with E-state index in [0.717, 1.165) is 54.8 Å². The third kappa shape index (κ3) is 10.2. The molecule has 5 N–H and O–H groups in total. The van der Waals surface area contributed by atoms with Gasteiger partial charge in [0.15, 0.2) is 0 Å². The van der Waals surface area contributed by atoms with Crippen molar-refractivity contribution in [3.63, 3.8) is 0 Å². The normalized spacial score (nSPS) is 32.2. The van der Waals surface area contributed by atoms with Crippen LogP contribution in [0.3, 0.4) is 0 Å². The maximum absolute atomic E-state index is 12.9. The molecular weight excluding hydrogens is 652 g/mol. The summed E-state index contributed by atoms with van der Waals surface area (Å²) in [6.07, 6.45) is 12.7. The minimum atomic E-state index is -1.38. The van der Waals surface area contributed by atoms with Crippen LogP contribution in [-0.2, 0) is 23.9 Å². The second-order valence-corrected chi connectivity index (χ2v) is 17.8. The summed E-state index contributed by atoms with van der Waals surface area (Å²) in [5.41, 5.74) is -0.676. The van der Waals surface area contributed by atoms with Gasteiger partial charge in [0.2, 0.25) is 0 Å². The third-order valence-corrected chi connectivity index (χ3v) is 14.3. The average molecular weight is 719 g/mol. The number of carboxylic acids is 3. The number of hydrogen-bond acceptors (Lipinski definition) is 6. The molecule has 0 saturated heterocycles. The first kappa shape index (κ1) is 40.9. The van der Waals surface area contributed by atoms with E-state index < -0.39 is 42.0 Å². The maximum atomic E-state index is 12.9. The first-order chi connectivity index (χ1) is 24.0. The summed E-state index contributed by atoms with van der Waals surface area (Å²) in [4.78, 5) is 59.8. The molecule has 0 aromatic heterocycles. The number of ether oxygens (including phenoxy) is 1. The van der Waals surface area contributed by atoms with Crippen LogP contribution in [0.1, 0.15) is 150 Å². The van der Waals surface area contributed by atoms with Crippen LogP contribution in [0.4, 0.5) is 4.79 Å². The van der Waals surface area contributed by atoms with Gasteiger partial charge in [-0.05, 0) is 129 Å². The molecule has 290 valence electrons. The zero-order valence-electron chi connectivity index (χ0n) is 31.8. The molecule has 0 aliphatic heterocycles. The second-order valence-electron chi connectivity index (χ2n) is 17.8. The lowest BCUT2D eigenvalue weighted by atomic mass is 9.44. The van der Waals surface area contributed by atoms with Crippen molar-refractivity contribution in [1.82, 2.24) is 10.6 Å². The Morgan fingerprint density at radius 2 is 1.35 bits per heavy atom. The molecule has 0 radical (unpaired) electrons. The first-order valence-electron chi connectivity index (χ1n) is 19.9. The summed E-state index contributed by atoms with van der Waals surface area (Å²) in [5.74, 6) is 1.20. The lowest BCUT2D eigenvalue weighted by Gasteiger charge is -2.61. The SMILES string of the molecule is CC(C)CCC[C@@H](C)[C@H]1CC[C@H]2[C@@H]3CC[C@H]4C[C@@H](OC(=O)CNC(=O)NC(CCC(=O)O)(CCC(=O)O)CCC(=O)O)CC[C@]4(C)[C@H]3CC[C@]12C. The van der Waals surface area contributed by atoms with Crippen LogP contribution in [0.2, 0.25) is 0 Å². The van der Waals surface area contributed by atoms with Crippen molar-refractivity contribution in [1.29, 1.82) is 0 Å². The largest absolute Gasteiger partial charge is 0.481 e. The van der Waals surface area contributed by atoms with Gasteiger partial charge >= 0.3 is 29.9 Å². The minimum absolute atomic E-state index is 0.150. The van der Waals surface area contributed by atoms with Crippen molar-refractivity contribution in [3.8, 4) is 0 Å². The zero-order valence-corrected chi connectivity index (χ0v) is 31.8. The van der Waals surface area contributed by atoms with Crippen molar-refractivity contribution in [2.75, 3.05) is 6.54 Å². The summed E-state index contributed by atoms with van der Waals surface area (Å²) >= 11 is 0. The molecule has 4 rings (SSSR count). The number of carbonyl (C=O) groups is 5. The van der Waals surface area contributed by atoms with E-state index in [4.69, 9.17) is 4.74 Å². The molecule has 2 amide bonds. The summed E-state index contributed by atoms with van der Waals surface area (Å²) < 4.78 is 5.90. The van der Waals surface area contributed by atoms with E-state index in [0.29, 0.717) is 11.3 Å². The van der Waals surface area contributed by atoms with Crippen molar-refractivity contribution in [2.24, 2.45) is 52.3 Å². The Morgan fingerprint density at radius 3 is 1.94 bits per heavy atom. The van der Waals surface area contributed by atoms with E-state index in [-0.39, 0.29) is 50.0 Å². The average Bonchev–Trinajstić information content (AvgIpc) is 3.41. The summed E-state index contributed by atoms with van der Waals surface area (Å²) in [7, 11) is 0. The number of carbonyl (C=O) groups excluding carboxylic acids is 2. The molecular formula is C40H66N2O9. The van der Waals surface area contributed by atoms with Gasteiger partial charge in [-0.25, -0.2) is 4.79 Å². The summed E-state index contributed by atoms with van der Waals surface area (Å²) in [6.45, 7) is 11.9. The molecule has 4 aliphatic carbocycles. The molecule has 0 unspecified atom stereocenters. The molecule has 11 heteroatoms. The first-order valence-corrected chi connectivity index (χ1v) is 19.9. The summed E-state index contributed by atoms with van der Waals surface area (Å²) in [5, 5.41) is 32.8. The van der Waals surface area contributed by atoms with Gasteiger partial charge in [0, 0.05) is 24.8 Å². The van der Waals surface area contributed by atoms with Crippen LogP contribution in [-0.4, -0.2) is 63.4 Å². The van der Waals surface area contributed by atoms with Crippen LogP contribution >= 0.6 is 0 Å². The molecule has 0 bridgehead atoms. The number of nitrogens with one attached hydrogen (secondary N) is 2. The Bertz CT molecular complexity index is 1210. The fourth-order valence-electron chi connectivity index (χ4n) is 11.6. The van der Waals surface area contributed by atoms with E-state index >= 15 is 0 Å². The summed E-state index contributed by atoms with van der Waals surface area (Å²) in [6, 6.07) is -0.800. The van der Waals surface area contributed by atoms with Gasteiger partial charge in [-0.1, -0.05) is 53.9 Å².